The monoisotopic (exact) mass is 494 g/mol. The number of fused-ring (bicyclic) bond motifs is 1. The summed E-state index contributed by atoms with van der Waals surface area (Å²) in [5, 5.41) is 7.93. The van der Waals surface area contributed by atoms with Crippen LogP contribution in [0, 0.1) is 11.8 Å². The fourth-order valence-corrected chi connectivity index (χ4v) is 6.31. The van der Waals surface area contributed by atoms with E-state index < -0.39 is 0 Å². The van der Waals surface area contributed by atoms with Gasteiger partial charge in [-0.15, -0.1) is 0 Å². The molecule has 2 amide bonds. The number of amides is 2. The fraction of sp³-hybridized carbons (Fsp3) is 0.655. The summed E-state index contributed by atoms with van der Waals surface area (Å²) in [6.45, 7) is 2.10. The number of hydrogen-bond donors (Lipinski definition) is 3. The van der Waals surface area contributed by atoms with Gasteiger partial charge in [0.1, 0.15) is 0 Å². The third-order valence-corrected chi connectivity index (χ3v) is 8.36. The van der Waals surface area contributed by atoms with Gasteiger partial charge in [0, 0.05) is 61.9 Å². The van der Waals surface area contributed by atoms with E-state index in [9.17, 15) is 9.59 Å². The maximum atomic E-state index is 14.1. The second-order valence-corrected chi connectivity index (χ2v) is 11.0. The number of benzene rings is 1. The topological polar surface area (TPSA) is 86.5 Å². The van der Waals surface area contributed by atoms with Crippen LogP contribution in [0.3, 0.4) is 0 Å². The van der Waals surface area contributed by atoms with Gasteiger partial charge < -0.3 is 25.3 Å². The largest absolute Gasteiger partial charge is 0.385 e. The molecular weight excluding hydrogens is 452 g/mol. The van der Waals surface area contributed by atoms with Crippen molar-refractivity contribution in [2.75, 3.05) is 26.8 Å². The SMILES string of the molecule is COCCCC(c1c[nH]c2ccccc12)N(C(=O)[C@@H]1CNC[C@H](NC(=O)C2CCCCC2)C1)C1CC1. The molecule has 0 radical (unpaired) electrons. The van der Waals surface area contributed by atoms with Crippen LogP contribution in [0.25, 0.3) is 10.9 Å². The van der Waals surface area contributed by atoms with Crippen LogP contribution in [0.1, 0.15) is 75.8 Å². The number of aromatic nitrogens is 1. The van der Waals surface area contributed by atoms with E-state index in [2.05, 4.69) is 44.9 Å². The van der Waals surface area contributed by atoms with Gasteiger partial charge in [-0.1, -0.05) is 37.5 Å². The van der Waals surface area contributed by atoms with E-state index in [1.807, 2.05) is 6.07 Å². The highest BCUT2D eigenvalue weighted by Gasteiger charge is 2.42. The molecule has 1 aromatic carbocycles. The van der Waals surface area contributed by atoms with E-state index in [-0.39, 0.29) is 35.7 Å². The molecule has 3 atom stereocenters. The van der Waals surface area contributed by atoms with Crippen molar-refractivity contribution in [3.63, 3.8) is 0 Å². The lowest BCUT2D eigenvalue weighted by Gasteiger charge is -2.38. The zero-order valence-electron chi connectivity index (χ0n) is 21.6. The van der Waals surface area contributed by atoms with Crippen molar-refractivity contribution in [3.05, 3.63) is 36.0 Å². The molecule has 3 aliphatic rings. The number of aromatic amines is 1. The third-order valence-electron chi connectivity index (χ3n) is 8.36. The van der Waals surface area contributed by atoms with Gasteiger partial charge in [0.25, 0.3) is 0 Å². The van der Waals surface area contributed by atoms with Crippen LogP contribution in [-0.2, 0) is 14.3 Å². The molecule has 0 bridgehead atoms. The molecule has 0 spiro atoms. The fourth-order valence-electron chi connectivity index (χ4n) is 6.31. The quantitative estimate of drug-likeness (QED) is 0.430. The van der Waals surface area contributed by atoms with E-state index in [1.165, 1.54) is 17.4 Å². The maximum Gasteiger partial charge on any atom is 0.227 e. The summed E-state index contributed by atoms with van der Waals surface area (Å²) < 4.78 is 5.37. The van der Waals surface area contributed by atoms with Crippen LogP contribution in [-0.4, -0.2) is 60.6 Å². The lowest BCUT2D eigenvalue weighted by atomic mass is 9.87. The minimum atomic E-state index is -0.119. The molecule has 2 aromatic rings. The van der Waals surface area contributed by atoms with E-state index in [1.54, 1.807) is 7.11 Å². The first-order valence-corrected chi connectivity index (χ1v) is 14.0. The first kappa shape index (κ1) is 25.3. The summed E-state index contributed by atoms with van der Waals surface area (Å²) in [4.78, 5) is 32.7. The van der Waals surface area contributed by atoms with Gasteiger partial charge in [-0.25, -0.2) is 0 Å². The third kappa shape index (κ3) is 5.78. The van der Waals surface area contributed by atoms with E-state index in [4.69, 9.17) is 4.74 Å². The van der Waals surface area contributed by atoms with Crippen LogP contribution in [0.4, 0.5) is 0 Å². The smallest absolute Gasteiger partial charge is 0.227 e. The van der Waals surface area contributed by atoms with Crippen molar-refractivity contribution in [2.24, 2.45) is 11.8 Å². The Bertz CT molecular complexity index is 1030. The van der Waals surface area contributed by atoms with Gasteiger partial charge in [-0.05, 0) is 56.6 Å². The maximum absolute atomic E-state index is 14.1. The second-order valence-electron chi connectivity index (χ2n) is 11.0. The Morgan fingerprint density at radius 1 is 1.08 bits per heavy atom. The number of piperidine rings is 1. The summed E-state index contributed by atoms with van der Waals surface area (Å²) >= 11 is 0. The molecule has 3 fully saturated rings. The van der Waals surface area contributed by atoms with Crippen LogP contribution in [0.2, 0.25) is 0 Å². The van der Waals surface area contributed by atoms with Crippen LogP contribution in [0.15, 0.2) is 30.5 Å². The van der Waals surface area contributed by atoms with Crippen LogP contribution >= 0.6 is 0 Å². The lowest BCUT2D eigenvalue weighted by molar-refractivity contribution is -0.140. The first-order chi connectivity index (χ1) is 17.7. The summed E-state index contributed by atoms with van der Waals surface area (Å²) in [6.07, 6.45) is 12.3. The van der Waals surface area contributed by atoms with Gasteiger partial charge >= 0.3 is 0 Å². The van der Waals surface area contributed by atoms with Crippen molar-refractivity contribution >= 4 is 22.7 Å². The molecule has 1 unspecified atom stereocenters. The van der Waals surface area contributed by atoms with Crippen molar-refractivity contribution in [2.45, 2.75) is 82.3 Å². The Balaban J connectivity index is 1.32. The molecule has 36 heavy (non-hydrogen) atoms. The molecule has 1 saturated heterocycles. The summed E-state index contributed by atoms with van der Waals surface area (Å²) in [6, 6.07) is 8.70. The van der Waals surface area contributed by atoms with Crippen molar-refractivity contribution in [1.82, 2.24) is 20.5 Å². The van der Waals surface area contributed by atoms with Gasteiger partial charge in [0.2, 0.25) is 11.8 Å². The first-order valence-electron chi connectivity index (χ1n) is 14.0. The Morgan fingerprint density at radius 3 is 2.67 bits per heavy atom. The minimum Gasteiger partial charge on any atom is -0.385 e. The Morgan fingerprint density at radius 2 is 1.89 bits per heavy atom. The predicted molar refractivity (Wildman–Crippen MR) is 142 cm³/mol. The highest BCUT2D eigenvalue weighted by atomic mass is 16.5. The van der Waals surface area contributed by atoms with Gasteiger partial charge in [0.05, 0.1) is 12.0 Å². The summed E-state index contributed by atoms with van der Waals surface area (Å²) in [5.41, 5.74) is 2.31. The number of carbonyl (C=O) groups excluding carboxylic acids is 2. The normalized spacial score (nSPS) is 23.9. The Labute approximate surface area is 214 Å². The number of para-hydroxylation sites is 1. The van der Waals surface area contributed by atoms with Crippen LogP contribution in [0.5, 0.6) is 0 Å². The minimum absolute atomic E-state index is 0.0169. The average Bonchev–Trinajstić information content (AvgIpc) is 3.66. The summed E-state index contributed by atoms with van der Waals surface area (Å²) in [5.74, 6) is 0.440. The summed E-state index contributed by atoms with van der Waals surface area (Å²) in [7, 11) is 1.74. The van der Waals surface area contributed by atoms with Gasteiger partial charge in [0.15, 0.2) is 0 Å². The average molecular weight is 495 g/mol. The molecule has 1 aliphatic heterocycles. The Hall–Kier alpha value is -2.38. The number of H-pyrrole nitrogens is 1. The number of carbonyl (C=O) groups is 2. The molecule has 5 rings (SSSR count). The zero-order valence-corrected chi connectivity index (χ0v) is 21.6. The Kier molecular flexibility index (Phi) is 8.27. The molecule has 7 nitrogen and oxygen atoms in total. The predicted octanol–water partition coefficient (Wildman–Crippen LogP) is 4.30. The molecule has 196 valence electrons. The van der Waals surface area contributed by atoms with E-state index in [0.717, 1.165) is 63.4 Å². The van der Waals surface area contributed by atoms with Crippen molar-refractivity contribution in [1.29, 1.82) is 0 Å². The number of nitrogens with zero attached hydrogens (tertiary/aromatic N) is 1. The number of ether oxygens (including phenoxy) is 1. The van der Waals surface area contributed by atoms with Crippen LogP contribution < -0.4 is 10.6 Å². The van der Waals surface area contributed by atoms with Gasteiger partial charge in [-0.2, -0.15) is 0 Å². The highest BCUT2D eigenvalue weighted by molar-refractivity contribution is 5.86. The number of nitrogens with one attached hydrogen (secondary N) is 3. The second kappa shape index (κ2) is 11.8. The molecule has 2 heterocycles. The highest BCUT2D eigenvalue weighted by Crippen LogP contribution is 2.40. The molecule has 2 aliphatic carbocycles. The van der Waals surface area contributed by atoms with Crippen molar-refractivity contribution < 1.29 is 14.3 Å². The number of methoxy groups -OCH3 is 1. The van der Waals surface area contributed by atoms with Gasteiger partial charge in [-0.3, -0.25) is 9.59 Å². The zero-order chi connectivity index (χ0) is 24.9. The molecular formula is C29H42N4O3. The molecule has 7 heteroatoms. The number of hydrogen-bond acceptors (Lipinski definition) is 4. The number of rotatable bonds is 10. The van der Waals surface area contributed by atoms with E-state index in [0.29, 0.717) is 25.6 Å². The van der Waals surface area contributed by atoms with E-state index >= 15 is 0 Å². The van der Waals surface area contributed by atoms with Crippen molar-refractivity contribution in [3.8, 4) is 0 Å². The molecule has 3 N–H and O–H groups in total. The lowest BCUT2D eigenvalue weighted by Crippen LogP contribution is -2.54. The standard InChI is InChI=1S/C29H42N4O3/c1-36-15-7-12-27(25-19-31-26-11-6-5-10-24(25)26)33(23-13-14-23)29(35)21-16-22(18-30-17-21)32-28(34)20-8-3-2-4-9-20/h5-6,10-11,19-23,27,30-31H,2-4,7-9,12-18H2,1H3,(H,32,34)/t21-,22+,27?/m0/s1. The molecule has 1 aromatic heterocycles. The molecule has 2 saturated carbocycles.